The van der Waals surface area contributed by atoms with Crippen LogP contribution in [-0.2, 0) is 0 Å². The third-order valence-corrected chi connectivity index (χ3v) is 2.69. The molecule has 0 amide bonds. The average Bonchev–Trinajstić information content (AvgIpc) is 3.10. The maximum Gasteiger partial charge on any atom is 0.152 e. The van der Waals surface area contributed by atoms with Crippen LogP contribution in [0.5, 0.6) is 0 Å². The third kappa shape index (κ3) is 2.09. The Morgan fingerprint density at radius 2 is 2.13 bits per heavy atom. The van der Waals surface area contributed by atoms with Gasteiger partial charge in [-0.3, -0.25) is 4.79 Å². The summed E-state index contributed by atoms with van der Waals surface area (Å²) in [6, 6.07) is 8.34. The number of hydrogen-bond donors (Lipinski definition) is 0. The average molecular weight is 201 g/mol. The fraction of sp³-hybridized carbons (Fsp3) is 0.308. The standard InChI is InChI=1S/C13H15NO/c1-2-9-14(12-7-8-12)13-6-4-3-5-11(13)10-15/h2-6,10,12H,1,7-9H2. The molecule has 2 heteroatoms. The molecule has 2 rings (SSSR count). The van der Waals surface area contributed by atoms with E-state index in [4.69, 9.17) is 0 Å². The second-order valence-electron chi connectivity index (χ2n) is 3.85. The Bertz CT molecular complexity index is 369. The molecule has 0 heterocycles. The molecule has 78 valence electrons. The molecule has 1 fully saturated rings. The van der Waals surface area contributed by atoms with E-state index < -0.39 is 0 Å². The van der Waals surface area contributed by atoms with Crippen molar-refractivity contribution in [2.75, 3.05) is 11.4 Å². The number of para-hydroxylation sites is 1. The minimum Gasteiger partial charge on any atom is -0.364 e. The lowest BCUT2D eigenvalue weighted by Gasteiger charge is -2.24. The van der Waals surface area contributed by atoms with Crippen molar-refractivity contribution in [1.29, 1.82) is 0 Å². The Labute approximate surface area is 90.2 Å². The highest BCUT2D eigenvalue weighted by molar-refractivity contribution is 5.84. The molecule has 0 bridgehead atoms. The number of carbonyl (C=O) groups is 1. The predicted octanol–water partition coefficient (Wildman–Crippen LogP) is 2.65. The van der Waals surface area contributed by atoms with E-state index in [1.165, 1.54) is 12.8 Å². The number of nitrogens with zero attached hydrogens (tertiary/aromatic N) is 1. The van der Waals surface area contributed by atoms with E-state index in [1.807, 2.05) is 30.3 Å². The molecule has 1 aliphatic rings. The van der Waals surface area contributed by atoms with Gasteiger partial charge in [0.25, 0.3) is 0 Å². The van der Waals surface area contributed by atoms with Gasteiger partial charge in [-0.2, -0.15) is 0 Å². The van der Waals surface area contributed by atoms with Crippen LogP contribution in [0.2, 0.25) is 0 Å². The molecule has 0 radical (unpaired) electrons. The first-order chi connectivity index (χ1) is 7.36. The van der Waals surface area contributed by atoms with Crippen molar-refractivity contribution >= 4 is 12.0 Å². The Morgan fingerprint density at radius 3 is 2.73 bits per heavy atom. The smallest absolute Gasteiger partial charge is 0.152 e. The lowest BCUT2D eigenvalue weighted by atomic mass is 10.1. The van der Waals surface area contributed by atoms with Gasteiger partial charge >= 0.3 is 0 Å². The highest BCUT2D eigenvalue weighted by Crippen LogP contribution is 2.32. The van der Waals surface area contributed by atoms with Crippen LogP contribution in [0, 0.1) is 0 Å². The molecule has 1 aromatic rings. The number of carbonyl (C=O) groups excluding carboxylic acids is 1. The second-order valence-corrected chi connectivity index (χ2v) is 3.85. The van der Waals surface area contributed by atoms with Crippen LogP contribution in [0.3, 0.4) is 0 Å². The lowest BCUT2D eigenvalue weighted by Crippen LogP contribution is -2.26. The number of rotatable bonds is 5. The van der Waals surface area contributed by atoms with Crippen molar-refractivity contribution in [2.24, 2.45) is 0 Å². The highest BCUT2D eigenvalue weighted by Gasteiger charge is 2.29. The molecule has 15 heavy (non-hydrogen) atoms. The molecule has 0 aliphatic heterocycles. The zero-order chi connectivity index (χ0) is 10.7. The first-order valence-electron chi connectivity index (χ1n) is 5.28. The number of benzene rings is 1. The molecule has 0 spiro atoms. The molecule has 0 N–H and O–H groups in total. The minimum atomic E-state index is 0.601. The summed E-state index contributed by atoms with van der Waals surface area (Å²) in [6.45, 7) is 4.58. The molecule has 1 aliphatic carbocycles. The lowest BCUT2D eigenvalue weighted by molar-refractivity contribution is 0.112. The normalized spacial score (nSPS) is 14.7. The first kappa shape index (κ1) is 9.97. The quantitative estimate of drug-likeness (QED) is 0.539. The van der Waals surface area contributed by atoms with Crippen LogP contribution in [0.1, 0.15) is 23.2 Å². The summed E-state index contributed by atoms with van der Waals surface area (Å²) in [5.41, 5.74) is 1.81. The summed E-state index contributed by atoms with van der Waals surface area (Å²) in [5, 5.41) is 0. The summed E-state index contributed by atoms with van der Waals surface area (Å²) in [5.74, 6) is 0. The zero-order valence-electron chi connectivity index (χ0n) is 8.73. The fourth-order valence-electron chi connectivity index (χ4n) is 1.82. The second kappa shape index (κ2) is 4.30. The van der Waals surface area contributed by atoms with Crippen LogP contribution >= 0.6 is 0 Å². The fourth-order valence-corrected chi connectivity index (χ4v) is 1.82. The van der Waals surface area contributed by atoms with Crippen molar-refractivity contribution in [3.63, 3.8) is 0 Å². The summed E-state index contributed by atoms with van der Waals surface area (Å²) in [4.78, 5) is 13.2. The summed E-state index contributed by atoms with van der Waals surface area (Å²) in [6.07, 6.45) is 5.26. The van der Waals surface area contributed by atoms with E-state index in [9.17, 15) is 4.79 Å². The minimum absolute atomic E-state index is 0.601. The predicted molar refractivity (Wildman–Crippen MR) is 62.4 cm³/mol. The van der Waals surface area contributed by atoms with Crippen LogP contribution in [0.25, 0.3) is 0 Å². The van der Waals surface area contributed by atoms with E-state index in [-0.39, 0.29) is 0 Å². The monoisotopic (exact) mass is 201 g/mol. The summed E-state index contributed by atoms with van der Waals surface area (Å²) in [7, 11) is 0. The van der Waals surface area contributed by atoms with Crippen molar-refractivity contribution < 1.29 is 4.79 Å². The molecule has 2 nitrogen and oxygen atoms in total. The van der Waals surface area contributed by atoms with Gasteiger partial charge in [-0.05, 0) is 25.0 Å². The van der Waals surface area contributed by atoms with E-state index >= 15 is 0 Å². The zero-order valence-corrected chi connectivity index (χ0v) is 8.73. The highest BCUT2D eigenvalue weighted by atomic mass is 16.1. The van der Waals surface area contributed by atoms with Crippen molar-refractivity contribution in [3.05, 3.63) is 42.5 Å². The first-order valence-corrected chi connectivity index (χ1v) is 5.28. The van der Waals surface area contributed by atoms with E-state index in [0.717, 1.165) is 24.1 Å². The van der Waals surface area contributed by atoms with Gasteiger partial charge in [0.2, 0.25) is 0 Å². The largest absolute Gasteiger partial charge is 0.364 e. The Hall–Kier alpha value is -1.57. The number of aldehydes is 1. The van der Waals surface area contributed by atoms with Crippen LogP contribution < -0.4 is 4.90 Å². The molecular formula is C13H15NO. The number of hydrogen-bond acceptors (Lipinski definition) is 2. The molecule has 1 saturated carbocycles. The van der Waals surface area contributed by atoms with Gasteiger partial charge in [0.1, 0.15) is 0 Å². The Morgan fingerprint density at radius 1 is 1.40 bits per heavy atom. The van der Waals surface area contributed by atoms with Crippen LogP contribution in [-0.4, -0.2) is 18.9 Å². The van der Waals surface area contributed by atoms with Gasteiger partial charge in [-0.1, -0.05) is 18.2 Å². The van der Waals surface area contributed by atoms with Crippen LogP contribution in [0.4, 0.5) is 5.69 Å². The maximum absolute atomic E-state index is 10.9. The van der Waals surface area contributed by atoms with E-state index in [1.54, 1.807) is 0 Å². The maximum atomic E-state index is 10.9. The SMILES string of the molecule is C=CCN(c1ccccc1C=O)C1CC1. The molecule has 1 aromatic carbocycles. The molecular weight excluding hydrogens is 186 g/mol. The molecule has 0 unspecified atom stereocenters. The van der Waals surface area contributed by atoms with Gasteiger partial charge in [-0.15, -0.1) is 6.58 Å². The number of anilines is 1. The van der Waals surface area contributed by atoms with Crippen LogP contribution in [0.15, 0.2) is 36.9 Å². The molecule has 0 atom stereocenters. The van der Waals surface area contributed by atoms with Gasteiger partial charge in [0.05, 0.1) is 0 Å². The molecule has 0 saturated heterocycles. The Kier molecular flexibility index (Phi) is 2.86. The summed E-state index contributed by atoms with van der Waals surface area (Å²) < 4.78 is 0. The van der Waals surface area contributed by atoms with Crippen molar-refractivity contribution in [1.82, 2.24) is 0 Å². The van der Waals surface area contributed by atoms with Gasteiger partial charge in [-0.25, -0.2) is 0 Å². The summed E-state index contributed by atoms with van der Waals surface area (Å²) >= 11 is 0. The topological polar surface area (TPSA) is 20.3 Å². The van der Waals surface area contributed by atoms with Crippen molar-refractivity contribution in [3.8, 4) is 0 Å². The van der Waals surface area contributed by atoms with Gasteiger partial charge in [0.15, 0.2) is 6.29 Å². The van der Waals surface area contributed by atoms with Crippen molar-refractivity contribution in [2.45, 2.75) is 18.9 Å². The molecule has 0 aromatic heterocycles. The third-order valence-electron chi connectivity index (χ3n) is 2.69. The van der Waals surface area contributed by atoms with E-state index in [0.29, 0.717) is 6.04 Å². The van der Waals surface area contributed by atoms with Gasteiger partial charge < -0.3 is 4.90 Å². The van der Waals surface area contributed by atoms with E-state index in [2.05, 4.69) is 11.5 Å². The Balaban J connectivity index is 2.31. The van der Waals surface area contributed by atoms with Gasteiger partial charge in [0, 0.05) is 23.8 Å².